The van der Waals surface area contributed by atoms with E-state index in [0.717, 1.165) is 0 Å². The molecule has 2 N–H and O–H groups in total. The third kappa shape index (κ3) is 0.186. The van der Waals surface area contributed by atoms with Gasteiger partial charge in [0.15, 0.2) is 0 Å². The maximum absolute atomic E-state index is 3.10. The molecule has 36 valence electrons. The minimum absolute atomic E-state index is 1.18. The van der Waals surface area contributed by atoms with Gasteiger partial charge in [0.1, 0.15) is 5.82 Å². The Kier molecular flexibility index (Phi) is 0.308. The molecular weight excluding hydrogens is 88.1 g/mol. The lowest BCUT2D eigenvalue weighted by molar-refractivity contribution is 1.34. The molecule has 0 saturated carbocycles. The summed E-state index contributed by atoms with van der Waals surface area (Å²) in [5.41, 5.74) is 2.61. The number of aryl methyl sites for hydroxylation is 1. The predicted octanol–water partition coefficient (Wildman–Crippen LogP) is 1.38. The van der Waals surface area contributed by atoms with E-state index >= 15 is 0 Å². The van der Waals surface area contributed by atoms with Crippen LogP contribution >= 0.6 is 0 Å². The molecule has 0 aromatic carbocycles. The van der Waals surface area contributed by atoms with Crippen molar-refractivity contribution in [3.05, 3.63) is 11.8 Å². The molecule has 0 spiro atoms. The number of hydrogen-bond acceptors (Lipinski definition) is 1. The van der Waals surface area contributed by atoms with E-state index in [9.17, 15) is 0 Å². The first-order valence-corrected chi connectivity index (χ1v) is 2.33. The van der Waals surface area contributed by atoms with Gasteiger partial charge in [-0.15, -0.1) is 0 Å². The van der Waals surface area contributed by atoms with Crippen LogP contribution in [-0.2, 0) is 0 Å². The van der Waals surface area contributed by atoms with E-state index in [2.05, 4.69) is 17.2 Å². The van der Waals surface area contributed by atoms with Crippen molar-refractivity contribution in [1.82, 2.24) is 4.98 Å². The Hall–Kier alpha value is -0.920. The number of nitrogens with one attached hydrogen (secondary N) is 2. The Bertz CT molecular complexity index is 180. The summed E-state index contributed by atoms with van der Waals surface area (Å²) in [5, 5.41) is 3.10. The van der Waals surface area contributed by atoms with Crippen LogP contribution in [0.2, 0.25) is 0 Å². The Balaban J connectivity index is 2.83. The SMILES string of the molecule is Cc1c2c[nH]c1N2. The first-order chi connectivity index (χ1) is 3.38. The smallest absolute Gasteiger partial charge is 0.112 e. The van der Waals surface area contributed by atoms with E-state index in [1.165, 1.54) is 17.1 Å². The summed E-state index contributed by atoms with van der Waals surface area (Å²) in [4.78, 5) is 3.05. The van der Waals surface area contributed by atoms with Gasteiger partial charge in [0, 0.05) is 11.8 Å². The fraction of sp³-hybridized carbons (Fsp3) is 0.200. The highest BCUT2D eigenvalue weighted by Crippen LogP contribution is 2.34. The van der Waals surface area contributed by atoms with E-state index in [-0.39, 0.29) is 0 Å². The molecule has 2 nitrogen and oxygen atoms in total. The number of hydrogen-bond donors (Lipinski definition) is 2. The Morgan fingerprint density at radius 3 is 2.57 bits per heavy atom. The highest BCUT2D eigenvalue weighted by atomic mass is 15.1. The molecule has 0 fully saturated rings. The quantitative estimate of drug-likeness (QED) is 0.507. The minimum Gasteiger partial charge on any atom is -0.346 e. The molecule has 1 aromatic heterocycles. The summed E-state index contributed by atoms with van der Waals surface area (Å²) in [6.07, 6.45) is 1.98. The number of anilines is 2. The molecule has 0 unspecified atom stereocenters. The van der Waals surface area contributed by atoms with Gasteiger partial charge in [0.05, 0.1) is 5.69 Å². The fourth-order valence-corrected chi connectivity index (χ4v) is 0.827. The van der Waals surface area contributed by atoms with E-state index in [4.69, 9.17) is 0 Å². The molecule has 0 atom stereocenters. The van der Waals surface area contributed by atoms with Crippen molar-refractivity contribution in [1.29, 1.82) is 0 Å². The van der Waals surface area contributed by atoms with E-state index < -0.39 is 0 Å². The van der Waals surface area contributed by atoms with Crippen molar-refractivity contribution in [3.8, 4) is 0 Å². The maximum Gasteiger partial charge on any atom is 0.112 e. The zero-order chi connectivity index (χ0) is 4.85. The van der Waals surface area contributed by atoms with Crippen LogP contribution in [0.15, 0.2) is 6.20 Å². The van der Waals surface area contributed by atoms with E-state index in [1.807, 2.05) is 6.20 Å². The molecule has 7 heavy (non-hydrogen) atoms. The van der Waals surface area contributed by atoms with Gasteiger partial charge in [-0.25, -0.2) is 0 Å². The monoisotopic (exact) mass is 94.1 g/mol. The molecule has 1 aromatic rings. The van der Waals surface area contributed by atoms with Crippen LogP contribution in [0.3, 0.4) is 0 Å². The van der Waals surface area contributed by atoms with Crippen LogP contribution in [0.4, 0.5) is 11.5 Å². The lowest BCUT2D eigenvalue weighted by Gasteiger charge is -2.10. The standard InChI is InChI=1S/C5H6N2/c1-3-4-2-6-5(3)7-4/h2,6-7H,1H3. The van der Waals surface area contributed by atoms with Crippen molar-refractivity contribution in [2.45, 2.75) is 6.92 Å². The lowest BCUT2D eigenvalue weighted by atomic mass is 10.2. The van der Waals surface area contributed by atoms with Crippen molar-refractivity contribution >= 4 is 11.5 Å². The molecular formula is C5H6N2. The van der Waals surface area contributed by atoms with Gasteiger partial charge in [-0.2, -0.15) is 0 Å². The predicted molar refractivity (Wildman–Crippen MR) is 28.8 cm³/mol. The molecule has 2 aliphatic heterocycles. The molecule has 0 saturated heterocycles. The summed E-state index contributed by atoms with van der Waals surface area (Å²) in [6.45, 7) is 2.09. The van der Waals surface area contributed by atoms with Gasteiger partial charge in [-0.3, -0.25) is 0 Å². The third-order valence-corrected chi connectivity index (χ3v) is 1.40. The molecule has 2 bridgehead atoms. The van der Waals surface area contributed by atoms with Gasteiger partial charge < -0.3 is 10.3 Å². The average Bonchev–Trinajstić information content (AvgIpc) is 2.18. The van der Waals surface area contributed by atoms with Crippen LogP contribution in [0.5, 0.6) is 0 Å². The van der Waals surface area contributed by atoms with Crippen molar-refractivity contribution in [2.75, 3.05) is 5.32 Å². The van der Waals surface area contributed by atoms with Crippen molar-refractivity contribution in [3.63, 3.8) is 0 Å². The van der Waals surface area contributed by atoms with Crippen LogP contribution in [0, 0.1) is 6.92 Å². The summed E-state index contributed by atoms with van der Waals surface area (Å²) >= 11 is 0. The number of fused-ring (bicyclic) bond motifs is 1. The molecule has 0 radical (unpaired) electrons. The molecule has 3 heterocycles. The van der Waals surface area contributed by atoms with Gasteiger partial charge in [-0.1, -0.05) is 0 Å². The number of aromatic nitrogens is 1. The van der Waals surface area contributed by atoms with Crippen LogP contribution < -0.4 is 5.32 Å². The summed E-state index contributed by atoms with van der Waals surface area (Å²) in [7, 11) is 0. The van der Waals surface area contributed by atoms with Gasteiger partial charge in [0.25, 0.3) is 0 Å². The molecule has 0 amide bonds. The summed E-state index contributed by atoms with van der Waals surface area (Å²) < 4.78 is 0. The first-order valence-electron chi connectivity index (χ1n) is 2.33. The molecule has 0 aliphatic carbocycles. The number of H-pyrrole nitrogens is 1. The topological polar surface area (TPSA) is 27.8 Å². The number of rotatable bonds is 0. The number of aromatic amines is 1. The second-order valence-electron chi connectivity index (χ2n) is 1.83. The highest BCUT2D eigenvalue weighted by molar-refractivity contribution is 5.78. The van der Waals surface area contributed by atoms with Gasteiger partial charge in [0.2, 0.25) is 0 Å². The summed E-state index contributed by atoms with van der Waals surface area (Å²) in [6, 6.07) is 0. The normalized spacial score (nSPS) is 12.7. The van der Waals surface area contributed by atoms with Crippen LogP contribution in [0.25, 0.3) is 0 Å². The zero-order valence-corrected chi connectivity index (χ0v) is 4.08. The third-order valence-electron chi connectivity index (χ3n) is 1.40. The van der Waals surface area contributed by atoms with Crippen molar-refractivity contribution < 1.29 is 0 Å². The molecule has 2 heteroatoms. The average molecular weight is 94.1 g/mol. The molecule has 3 rings (SSSR count). The summed E-state index contributed by atoms with van der Waals surface area (Å²) in [5.74, 6) is 1.18. The van der Waals surface area contributed by atoms with Gasteiger partial charge in [-0.05, 0) is 6.92 Å². The lowest BCUT2D eigenvalue weighted by Crippen LogP contribution is -1.98. The fourth-order valence-electron chi connectivity index (χ4n) is 0.827. The second kappa shape index (κ2) is 0.689. The van der Waals surface area contributed by atoms with Crippen LogP contribution in [0.1, 0.15) is 5.56 Å². The van der Waals surface area contributed by atoms with Crippen molar-refractivity contribution in [2.24, 2.45) is 0 Å². The Morgan fingerprint density at radius 1 is 1.57 bits per heavy atom. The Morgan fingerprint density at radius 2 is 2.43 bits per heavy atom. The highest BCUT2D eigenvalue weighted by Gasteiger charge is 2.15. The van der Waals surface area contributed by atoms with Crippen LogP contribution in [-0.4, -0.2) is 4.98 Å². The first kappa shape index (κ1) is 3.13. The Labute approximate surface area is 41.5 Å². The zero-order valence-electron chi connectivity index (χ0n) is 4.08. The van der Waals surface area contributed by atoms with Gasteiger partial charge >= 0.3 is 0 Å². The van der Waals surface area contributed by atoms with E-state index in [0.29, 0.717) is 0 Å². The second-order valence-corrected chi connectivity index (χ2v) is 1.83. The minimum atomic E-state index is 1.18. The maximum atomic E-state index is 3.10. The largest absolute Gasteiger partial charge is 0.346 e. The van der Waals surface area contributed by atoms with E-state index in [1.54, 1.807) is 0 Å². The molecule has 2 aliphatic rings.